The molecule has 0 unspecified atom stereocenters. The van der Waals surface area contributed by atoms with Gasteiger partial charge in [-0.3, -0.25) is 0 Å². The first-order valence-electron chi connectivity index (χ1n) is 6.47. The Morgan fingerprint density at radius 1 is 1.32 bits per heavy atom. The van der Waals surface area contributed by atoms with Crippen LogP contribution in [0.3, 0.4) is 0 Å². The van der Waals surface area contributed by atoms with Crippen molar-refractivity contribution in [3.63, 3.8) is 0 Å². The Labute approximate surface area is 134 Å². The molecule has 0 aliphatic rings. The molecule has 0 bridgehead atoms. The van der Waals surface area contributed by atoms with Crippen molar-refractivity contribution in [1.82, 2.24) is 0 Å². The molecular formula is C16H13ClNO3P. The Morgan fingerprint density at radius 3 is 2.68 bits per heavy atom. The molecule has 0 aliphatic heterocycles. The van der Waals surface area contributed by atoms with Crippen LogP contribution >= 0.6 is 19.5 Å². The molecule has 22 heavy (non-hydrogen) atoms. The summed E-state index contributed by atoms with van der Waals surface area (Å²) in [5.41, 5.74) is 11.2. The van der Waals surface area contributed by atoms with Crippen molar-refractivity contribution >= 4 is 25.5 Å². The fourth-order valence-electron chi connectivity index (χ4n) is 2.12. The molecule has 6 heteroatoms. The number of aliphatic carboxylic acids is 1. The number of nitrogens with two attached hydrogens (primary N) is 1. The summed E-state index contributed by atoms with van der Waals surface area (Å²) in [6.45, 7) is 0. The molecule has 0 spiro atoms. The van der Waals surface area contributed by atoms with Gasteiger partial charge in [0.25, 0.3) is 0 Å². The van der Waals surface area contributed by atoms with E-state index < -0.39 is 12.0 Å². The maximum absolute atomic E-state index is 10.9. The van der Waals surface area contributed by atoms with Gasteiger partial charge in [-0.15, -0.1) is 0 Å². The molecule has 0 saturated carbocycles. The number of hydrogen-bond donors (Lipinski definition) is 2. The van der Waals surface area contributed by atoms with E-state index in [2.05, 4.69) is 5.63 Å². The Morgan fingerprint density at radius 2 is 2.05 bits per heavy atom. The third-order valence-electron chi connectivity index (χ3n) is 3.13. The SMILES string of the molecule is N[C@@H](Cc1cc(C#P=O)cc(-c2ccccc2Cl)c1)C(=O)O. The van der Waals surface area contributed by atoms with Crippen LogP contribution in [0.25, 0.3) is 11.1 Å². The van der Waals surface area contributed by atoms with Crippen molar-refractivity contribution in [2.45, 2.75) is 12.5 Å². The number of carboxylic acids is 1. The molecule has 2 aromatic rings. The fourth-order valence-corrected chi connectivity index (χ4v) is 2.60. The van der Waals surface area contributed by atoms with E-state index in [1.165, 1.54) is 0 Å². The maximum atomic E-state index is 10.9. The first-order chi connectivity index (χ1) is 10.5. The summed E-state index contributed by atoms with van der Waals surface area (Å²) in [4.78, 5) is 10.9. The van der Waals surface area contributed by atoms with Crippen molar-refractivity contribution in [3.8, 4) is 16.8 Å². The fraction of sp³-hybridized carbons (Fsp3) is 0.125. The van der Waals surface area contributed by atoms with Crippen LogP contribution in [0.15, 0.2) is 42.5 Å². The number of carboxylic acid groups (broad SMARTS) is 1. The van der Waals surface area contributed by atoms with Crippen LogP contribution in [-0.2, 0) is 15.8 Å². The summed E-state index contributed by atoms with van der Waals surface area (Å²) < 4.78 is 10.8. The van der Waals surface area contributed by atoms with Gasteiger partial charge >= 0.3 is 134 Å². The molecular weight excluding hydrogens is 321 g/mol. The van der Waals surface area contributed by atoms with E-state index in [1.807, 2.05) is 24.3 Å². The molecule has 0 amide bonds. The summed E-state index contributed by atoms with van der Waals surface area (Å²) in [7, 11) is -0.245. The molecule has 112 valence electrons. The van der Waals surface area contributed by atoms with Crippen molar-refractivity contribution in [2.24, 2.45) is 5.73 Å². The Bertz CT molecular complexity index is 817. The first kappa shape index (κ1) is 16.5. The molecule has 2 rings (SSSR count). The zero-order valence-corrected chi connectivity index (χ0v) is 13.1. The summed E-state index contributed by atoms with van der Waals surface area (Å²) in [6, 6.07) is 11.6. The average Bonchev–Trinajstić information content (AvgIpc) is 2.47. The third kappa shape index (κ3) is 4.09. The van der Waals surface area contributed by atoms with Gasteiger partial charge in [-0.25, -0.2) is 0 Å². The number of rotatable bonds is 4. The van der Waals surface area contributed by atoms with Gasteiger partial charge in [-0.1, -0.05) is 0 Å². The number of halogens is 1. The molecule has 0 heterocycles. The van der Waals surface area contributed by atoms with Crippen LogP contribution in [0.5, 0.6) is 0 Å². The van der Waals surface area contributed by atoms with E-state index in [1.54, 1.807) is 18.2 Å². The van der Waals surface area contributed by atoms with Gasteiger partial charge in [-0.05, 0) is 0 Å². The second kappa shape index (κ2) is 7.44. The number of benzene rings is 2. The van der Waals surface area contributed by atoms with Gasteiger partial charge in [0.1, 0.15) is 0 Å². The number of hydrogen-bond acceptors (Lipinski definition) is 3. The Hall–Kier alpha value is -1.83. The molecule has 0 aliphatic carbocycles. The van der Waals surface area contributed by atoms with E-state index in [0.717, 1.165) is 16.7 Å². The van der Waals surface area contributed by atoms with Crippen molar-refractivity contribution in [1.29, 1.82) is 0 Å². The van der Waals surface area contributed by atoms with Gasteiger partial charge in [0, 0.05) is 0 Å². The predicted octanol–water partition coefficient (Wildman–Crippen LogP) is 3.56. The second-order valence-corrected chi connectivity index (χ2v) is 5.56. The molecule has 2 aromatic carbocycles. The molecule has 0 radical (unpaired) electrons. The van der Waals surface area contributed by atoms with E-state index in [4.69, 9.17) is 22.4 Å². The normalized spacial score (nSPS) is 11.5. The van der Waals surface area contributed by atoms with Crippen molar-refractivity contribution in [3.05, 3.63) is 58.6 Å². The van der Waals surface area contributed by atoms with Crippen LogP contribution in [0, 0.1) is 5.63 Å². The molecule has 0 saturated heterocycles. The van der Waals surface area contributed by atoms with E-state index in [9.17, 15) is 9.36 Å². The van der Waals surface area contributed by atoms with Gasteiger partial charge in [0.15, 0.2) is 0 Å². The quantitative estimate of drug-likeness (QED) is 0.838. The average molecular weight is 334 g/mol. The van der Waals surface area contributed by atoms with E-state index in [0.29, 0.717) is 10.6 Å². The van der Waals surface area contributed by atoms with E-state index >= 15 is 0 Å². The van der Waals surface area contributed by atoms with Crippen molar-refractivity contribution < 1.29 is 14.5 Å². The topological polar surface area (TPSA) is 80.4 Å². The van der Waals surface area contributed by atoms with Crippen LogP contribution < -0.4 is 5.73 Å². The zero-order chi connectivity index (χ0) is 16.1. The van der Waals surface area contributed by atoms with Crippen LogP contribution in [-0.4, -0.2) is 17.1 Å². The summed E-state index contributed by atoms with van der Waals surface area (Å²) >= 11 is 6.19. The van der Waals surface area contributed by atoms with Crippen LogP contribution in [0.1, 0.15) is 11.1 Å². The minimum atomic E-state index is -1.07. The first-order valence-corrected chi connectivity index (χ1v) is 7.66. The van der Waals surface area contributed by atoms with Gasteiger partial charge in [0.2, 0.25) is 0 Å². The summed E-state index contributed by atoms with van der Waals surface area (Å²) in [6.07, 6.45) is 0.165. The zero-order valence-electron chi connectivity index (χ0n) is 11.5. The Kier molecular flexibility index (Phi) is 5.59. The van der Waals surface area contributed by atoms with Crippen LogP contribution in [0.4, 0.5) is 0 Å². The second-order valence-electron chi connectivity index (χ2n) is 4.75. The van der Waals surface area contributed by atoms with Crippen molar-refractivity contribution in [2.75, 3.05) is 0 Å². The Balaban J connectivity index is 2.52. The standard InChI is InChI=1S/C16H13ClNO3P/c17-14-4-2-1-3-13(14)12-6-10(8-15(18)16(19)20)5-11(7-12)9-22-21/h1-7,15H,8,18H2,(H,19,20)/t15-/m0/s1. The predicted molar refractivity (Wildman–Crippen MR) is 86.8 cm³/mol. The summed E-state index contributed by atoms with van der Waals surface area (Å²) in [5, 5.41) is 9.51. The van der Waals surface area contributed by atoms with Crippen LogP contribution in [0.2, 0.25) is 5.02 Å². The molecule has 0 fully saturated rings. The molecule has 3 N–H and O–H groups in total. The summed E-state index contributed by atoms with van der Waals surface area (Å²) in [5.74, 6) is -1.07. The van der Waals surface area contributed by atoms with Gasteiger partial charge in [-0.2, -0.15) is 0 Å². The monoisotopic (exact) mass is 333 g/mol. The molecule has 0 aromatic heterocycles. The van der Waals surface area contributed by atoms with E-state index in [-0.39, 0.29) is 14.3 Å². The van der Waals surface area contributed by atoms with Gasteiger partial charge < -0.3 is 0 Å². The molecule has 1 atom stereocenters. The van der Waals surface area contributed by atoms with Gasteiger partial charge in [0.05, 0.1) is 0 Å². The number of carbonyl (C=O) groups is 1. The molecule has 4 nitrogen and oxygen atoms in total. The minimum absolute atomic E-state index is 0.165. The third-order valence-corrected chi connectivity index (χ3v) is 3.80.